The number of phenolic OH excluding ortho intramolecular Hbond substituents is 1. The van der Waals surface area contributed by atoms with Crippen LogP contribution < -0.4 is 9.44 Å². The van der Waals surface area contributed by atoms with Crippen molar-refractivity contribution in [2.75, 3.05) is 4.72 Å². The van der Waals surface area contributed by atoms with E-state index in [4.69, 9.17) is 23.2 Å². The van der Waals surface area contributed by atoms with E-state index in [9.17, 15) is 21.9 Å². The molecule has 0 atom stereocenters. The summed E-state index contributed by atoms with van der Waals surface area (Å²) < 4.78 is 56.5. The minimum absolute atomic E-state index is 0.104. The summed E-state index contributed by atoms with van der Waals surface area (Å²) in [5, 5.41) is 11.2. The Hall–Kier alpha value is -1.82. The number of benzene rings is 3. The molecule has 0 unspecified atom stereocenters. The lowest BCUT2D eigenvalue weighted by atomic mass is 10.1. The highest BCUT2D eigenvalue weighted by molar-refractivity contribution is 9.10. The average molecular weight is 594 g/mol. The predicted octanol–water partition coefficient (Wildman–Crippen LogP) is 5.36. The fourth-order valence-electron chi connectivity index (χ4n) is 2.93. The van der Waals surface area contributed by atoms with Crippen LogP contribution in [0, 0.1) is 13.8 Å². The monoisotopic (exact) mass is 592 g/mol. The molecule has 0 saturated carbocycles. The summed E-state index contributed by atoms with van der Waals surface area (Å²) in [7, 11) is -8.51. The van der Waals surface area contributed by atoms with Gasteiger partial charge < -0.3 is 5.11 Å². The maximum absolute atomic E-state index is 13.0. The highest BCUT2D eigenvalue weighted by atomic mass is 79.9. The van der Waals surface area contributed by atoms with Crippen LogP contribution in [-0.4, -0.2) is 21.9 Å². The summed E-state index contributed by atoms with van der Waals surface area (Å²) in [5.41, 5.74) is 2.08. The van der Waals surface area contributed by atoms with Gasteiger partial charge in [-0.25, -0.2) is 21.6 Å². The van der Waals surface area contributed by atoms with E-state index < -0.39 is 30.7 Å². The fourth-order valence-corrected chi connectivity index (χ4v) is 6.43. The molecule has 0 fully saturated rings. The Morgan fingerprint density at radius 3 is 2.18 bits per heavy atom. The minimum atomic E-state index is -4.30. The molecule has 7 nitrogen and oxygen atoms in total. The lowest BCUT2D eigenvalue weighted by Gasteiger charge is -2.15. The van der Waals surface area contributed by atoms with E-state index in [1.54, 1.807) is 44.2 Å². The van der Waals surface area contributed by atoms with E-state index in [0.29, 0.717) is 26.7 Å². The van der Waals surface area contributed by atoms with E-state index in [2.05, 4.69) is 25.4 Å². The number of phenols is 1. The summed E-state index contributed by atoms with van der Waals surface area (Å²) in [6.45, 7) is 3.28. The molecule has 0 aliphatic heterocycles. The number of rotatable bonds is 7. The van der Waals surface area contributed by atoms with Crippen LogP contribution in [0.4, 0.5) is 5.69 Å². The van der Waals surface area contributed by atoms with Crippen LogP contribution in [0.25, 0.3) is 0 Å². The number of anilines is 1. The fraction of sp³-hybridized carbons (Fsp3) is 0.143. The van der Waals surface area contributed by atoms with E-state index in [1.165, 1.54) is 6.07 Å². The van der Waals surface area contributed by atoms with Crippen molar-refractivity contribution in [3.8, 4) is 5.75 Å². The first-order valence-electron chi connectivity index (χ1n) is 9.37. The smallest absolute Gasteiger partial charge is 0.261 e. The molecule has 0 aliphatic carbocycles. The van der Waals surface area contributed by atoms with Gasteiger partial charge in [-0.2, -0.15) is 0 Å². The quantitative estimate of drug-likeness (QED) is 0.341. The second kappa shape index (κ2) is 9.81. The molecule has 0 heterocycles. The van der Waals surface area contributed by atoms with Gasteiger partial charge in [0.05, 0.1) is 15.1 Å². The third-order valence-corrected chi connectivity index (χ3v) is 9.13. The van der Waals surface area contributed by atoms with Crippen molar-refractivity contribution in [2.45, 2.75) is 30.2 Å². The number of sulfonamides is 2. The van der Waals surface area contributed by atoms with Gasteiger partial charge in [0.2, 0.25) is 10.0 Å². The first-order chi connectivity index (χ1) is 15.3. The topological polar surface area (TPSA) is 113 Å². The molecule has 3 aromatic rings. The molecule has 0 radical (unpaired) electrons. The first kappa shape index (κ1) is 25.8. The normalized spacial score (nSPS) is 12.0. The molecule has 176 valence electrons. The van der Waals surface area contributed by atoms with Gasteiger partial charge in [-0.1, -0.05) is 41.4 Å². The Labute approximate surface area is 211 Å². The zero-order chi connectivity index (χ0) is 24.6. The molecule has 0 aliphatic rings. The SMILES string of the molecule is Cc1c(Cl)cccc1CNS(=O)(=O)c1cc(S(=O)(=O)Nc2cccc(Cl)c2C)cc(Br)c1O. The van der Waals surface area contributed by atoms with Gasteiger partial charge >= 0.3 is 0 Å². The summed E-state index contributed by atoms with van der Waals surface area (Å²) in [6.07, 6.45) is 0. The molecule has 0 saturated heterocycles. The van der Waals surface area contributed by atoms with E-state index in [0.717, 1.165) is 12.1 Å². The molecule has 12 heteroatoms. The first-order valence-corrected chi connectivity index (χ1v) is 13.9. The molecule has 3 aromatic carbocycles. The van der Waals surface area contributed by atoms with Crippen LogP contribution in [0.5, 0.6) is 5.75 Å². The Morgan fingerprint density at radius 1 is 0.909 bits per heavy atom. The number of hydrogen-bond acceptors (Lipinski definition) is 5. The zero-order valence-corrected chi connectivity index (χ0v) is 22.1. The average Bonchev–Trinajstić information content (AvgIpc) is 2.74. The van der Waals surface area contributed by atoms with Crippen molar-refractivity contribution in [1.29, 1.82) is 0 Å². The molecule has 3 N–H and O–H groups in total. The van der Waals surface area contributed by atoms with Crippen molar-refractivity contribution in [3.05, 3.63) is 79.7 Å². The van der Waals surface area contributed by atoms with Gasteiger partial charge in [0, 0.05) is 16.6 Å². The molecule has 33 heavy (non-hydrogen) atoms. The summed E-state index contributed by atoms with van der Waals surface area (Å²) in [4.78, 5) is -0.967. The summed E-state index contributed by atoms with van der Waals surface area (Å²) in [6, 6.07) is 11.8. The van der Waals surface area contributed by atoms with E-state index in [-0.39, 0.29) is 21.6 Å². The molecule has 0 bridgehead atoms. The van der Waals surface area contributed by atoms with Gasteiger partial charge in [0.25, 0.3) is 10.0 Å². The second-order valence-electron chi connectivity index (χ2n) is 7.12. The maximum Gasteiger partial charge on any atom is 0.261 e. The van der Waals surface area contributed by atoms with Gasteiger partial charge in [0.15, 0.2) is 0 Å². The lowest BCUT2D eigenvalue weighted by Crippen LogP contribution is -2.24. The summed E-state index contributed by atoms with van der Waals surface area (Å²) >= 11 is 15.2. The number of nitrogens with one attached hydrogen (secondary N) is 2. The van der Waals surface area contributed by atoms with Crippen LogP contribution in [0.3, 0.4) is 0 Å². The van der Waals surface area contributed by atoms with Gasteiger partial charge in [-0.15, -0.1) is 0 Å². The molecule has 0 aromatic heterocycles. The minimum Gasteiger partial charge on any atom is -0.505 e. The molecular formula is C21H19BrCl2N2O5S2. The number of hydrogen-bond donors (Lipinski definition) is 3. The number of aromatic hydroxyl groups is 1. The Kier molecular flexibility index (Phi) is 7.67. The highest BCUT2D eigenvalue weighted by Gasteiger charge is 2.26. The van der Waals surface area contributed by atoms with Crippen LogP contribution >= 0.6 is 39.1 Å². The van der Waals surface area contributed by atoms with Crippen LogP contribution in [-0.2, 0) is 26.6 Å². The lowest BCUT2D eigenvalue weighted by molar-refractivity contribution is 0.453. The largest absolute Gasteiger partial charge is 0.505 e. The molecule has 0 amide bonds. The third-order valence-electron chi connectivity index (χ3n) is 4.95. The van der Waals surface area contributed by atoms with Gasteiger partial charge in [0.1, 0.15) is 10.6 Å². The zero-order valence-electron chi connectivity index (χ0n) is 17.4. The van der Waals surface area contributed by atoms with Crippen molar-refractivity contribution < 1.29 is 21.9 Å². The number of halogens is 3. The molecule has 3 rings (SSSR count). The third kappa shape index (κ3) is 5.64. The van der Waals surface area contributed by atoms with Crippen LogP contribution in [0.2, 0.25) is 10.0 Å². The highest BCUT2D eigenvalue weighted by Crippen LogP contribution is 2.35. The van der Waals surface area contributed by atoms with Crippen molar-refractivity contribution in [1.82, 2.24) is 4.72 Å². The van der Waals surface area contributed by atoms with Crippen LogP contribution in [0.1, 0.15) is 16.7 Å². The maximum atomic E-state index is 13.0. The Morgan fingerprint density at radius 2 is 1.52 bits per heavy atom. The Bertz CT molecular complexity index is 1450. The Balaban J connectivity index is 1.97. The molecule has 0 spiro atoms. The van der Waals surface area contributed by atoms with Crippen molar-refractivity contribution >= 4 is 64.9 Å². The van der Waals surface area contributed by atoms with Crippen molar-refractivity contribution in [2.24, 2.45) is 0 Å². The summed E-state index contributed by atoms with van der Waals surface area (Å²) in [5.74, 6) is -0.622. The van der Waals surface area contributed by atoms with E-state index in [1.807, 2.05) is 0 Å². The second-order valence-corrected chi connectivity index (χ2v) is 12.2. The molecular weight excluding hydrogens is 575 g/mol. The van der Waals surface area contributed by atoms with Crippen LogP contribution in [0.15, 0.2) is 62.8 Å². The predicted molar refractivity (Wildman–Crippen MR) is 133 cm³/mol. The van der Waals surface area contributed by atoms with E-state index >= 15 is 0 Å². The standard InChI is InChI=1S/C21H19BrCl2N2O5S2/c1-12-14(5-3-6-17(12)23)11-25-33(30,31)20-10-15(9-16(22)21(20)27)32(28,29)26-19-8-4-7-18(24)13(19)2/h3-10,25-27H,11H2,1-2H3. The van der Waals surface area contributed by atoms with Crippen molar-refractivity contribution in [3.63, 3.8) is 0 Å². The van der Waals surface area contributed by atoms with Gasteiger partial charge in [-0.3, -0.25) is 4.72 Å². The van der Waals surface area contributed by atoms with Gasteiger partial charge in [-0.05, 0) is 76.8 Å².